The quantitative estimate of drug-likeness (QED) is 0.766. The van der Waals surface area contributed by atoms with Crippen LogP contribution in [0, 0.1) is 0 Å². The molecule has 0 fully saturated rings. The van der Waals surface area contributed by atoms with Gasteiger partial charge in [-0.15, -0.1) is 11.3 Å². The van der Waals surface area contributed by atoms with Gasteiger partial charge in [0.15, 0.2) is 4.96 Å². The fourth-order valence-electron chi connectivity index (χ4n) is 2.26. The van der Waals surface area contributed by atoms with Crippen molar-refractivity contribution >= 4 is 32.2 Å². The molecule has 1 atom stereocenters. The molecule has 3 rings (SSSR count). The van der Waals surface area contributed by atoms with Crippen molar-refractivity contribution in [2.24, 2.45) is 0 Å². The molecule has 0 saturated carbocycles. The average molecular weight is 351 g/mol. The summed E-state index contributed by atoms with van der Waals surface area (Å²) in [6.07, 6.45) is 8.72. The molecule has 3 aromatic heterocycles. The number of fused-ring (bicyclic) bond motifs is 1. The largest absolute Gasteiger partial charge is 0.310 e. The maximum atomic E-state index is 4.65. The first kappa shape index (κ1) is 13.7. The zero-order valence-electron chi connectivity index (χ0n) is 11.1. The third kappa shape index (κ3) is 2.92. The summed E-state index contributed by atoms with van der Waals surface area (Å²) in [6.45, 7) is 3.03. The molecule has 1 N–H and O–H groups in total. The van der Waals surface area contributed by atoms with E-state index in [0.717, 1.165) is 28.1 Å². The van der Waals surface area contributed by atoms with Crippen molar-refractivity contribution in [3.8, 4) is 0 Å². The molecule has 0 spiro atoms. The molecule has 0 amide bonds. The molecule has 0 aliphatic carbocycles. The predicted octanol–water partition coefficient (Wildman–Crippen LogP) is 3.45. The number of hydrogen-bond donors (Lipinski definition) is 1. The van der Waals surface area contributed by atoms with E-state index in [1.54, 1.807) is 17.5 Å². The van der Waals surface area contributed by atoms with E-state index in [-0.39, 0.29) is 6.04 Å². The van der Waals surface area contributed by atoms with Crippen molar-refractivity contribution in [1.82, 2.24) is 19.7 Å². The Balaban J connectivity index is 1.85. The number of pyridine rings is 1. The summed E-state index contributed by atoms with van der Waals surface area (Å²) >= 11 is 5.14. The molecule has 0 radical (unpaired) electrons. The number of likely N-dealkylation sites (N-methyl/N-ethyl adjacent to an activating group) is 1. The van der Waals surface area contributed by atoms with E-state index >= 15 is 0 Å². The van der Waals surface area contributed by atoms with Crippen LogP contribution in [0.25, 0.3) is 4.96 Å². The van der Waals surface area contributed by atoms with Crippen LogP contribution in [0.15, 0.2) is 40.7 Å². The Morgan fingerprint density at radius 2 is 2.35 bits per heavy atom. The summed E-state index contributed by atoms with van der Waals surface area (Å²) in [7, 11) is 0. The van der Waals surface area contributed by atoms with Gasteiger partial charge in [-0.1, -0.05) is 6.92 Å². The maximum absolute atomic E-state index is 4.65. The molecule has 104 valence electrons. The molecule has 3 aromatic rings. The highest BCUT2D eigenvalue weighted by atomic mass is 79.9. The van der Waals surface area contributed by atoms with Gasteiger partial charge in [-0.2, -0.15) is 0 Å². The number of thiazole rings is 1. The first-order valence-corrected chi connectivity index (χ1v) is 8.18. The number of nitrogens with one attached hydrogen (secondary N) is 1. The molecule has 20 heavy (non-hydrogen) atoms. The van der Waals surface area contributed by atoms with Gasteiger partial charge in [-0.3, -0.25) is 9.38 Å². The minimum Gasteiger partial charge on any atom is -0.310 e. The SMILES string of the molecule is CCNC(Cc1cn2ccsc2n1)c1cncc(Br)c1. The van der Waals surface area contributed by atoms with Crippen molar-refractivity contribution in [2.45, 2.75) is 19.4 Å². The van der Waals surface area contributed by atoms with Gasteiger partial charge < -0.3 is 5.32 Å². The molecule has 0 aliphatic heterocycles. The minimum absolute atomic E-state index is 0.231. The lowest BCUT2D eigenvalue weighted by molar-refractivity contribution is 0.543. The molecule has 4 nitrogen and oxygen atoms in total. The molecular weight excluding hydrogens is 336 g/mol. The van der Waals surface area contributed by atoms with E-state index < -0.39 is 0 Å². The van der Waals surface area contributed by atoms with Crippen molar-refractivity contribution in [2.75, 3.05) is 6.54 Å². The maximum Gasteiger partial charge on any atom is 0.193 e. The molecule has 3 heterocycles. The Morgan fingerprint density at radius 1 is 1.45 bits per heavy atom. The smallest absolute Gasteiger partial charge is 0.193 e. The van der Waals surface area contributed by atoms with Crippen LogP contribution in [0.2, 0.25) is 0 Å². The molecule has 1 unspecified atom stereocenters. The van der Waals surface area contributed by atoms with E-state index in [1.165, 1.54) is 5.56 Å². The standard InChI is InChI=1S/C14H15BrN4S/c1-2-17-13(10-5-11(15)8-16-7-10)6-12-9-19-3-4-20-14(19)18-12/h3-5,7-9,13,17H,2,6H2,1H3. The van der Waals surface area contributed by atoms with Crippen LogP contribution in [0.5, 0.6) is 0 Å². The van der Waals surface area contributed by atoms with Crippen molar-refractivity contribution < 1.29 is 0 Å². The monoisotopic (exact) mass is 350 g/mol. The Kier molecular flexibility index (Phi) is 4.14. The number of halogens is 1. The van der Waals surface area contributed by atoms with Crippen molar-refractivity contribution in [1.29, 1.82) is 0 Å². The molecule has 0 saturated heterocycles. The molecular formula is C14H15BrN4S. The third-order valence-corrected chi connectivity index (χ3v) is 4.34. The minimum atomic E-state index is 0.231. The highest BCUT2D eigenvalue weighted by Crippen LogP contribution is 2.21. The van der Waals surface area contributed by atoms with Crippen molar-refractivity contribution in [3.05, 3.63) is 52.0 Å². The van der Waals surface area contributed by atoms with E-state index in [2.05, 4.69) is 54.8 Å². The fourth-order valence-corrected chi connectivity index (χ4v) is 3.36. The van der Waals surface area contributed by atoms with Gasteiger partial charge in [-0.25, -0.2) is 4.98 Å². The summed E-state index contributed by atoms with van der Waals surface area (Å²) in [6, 6.07) is 2.34. The Bertz CT molecular complexity index is 677. The number of imidazole rings is 1. The summed E-state index contributed by atoms with van der Waals surface area (Å²) in [5.41, 5.74) is 2.28. The van der Waals surface area contributed by atoms with Gasteiger partial charge in [0.05, 0.1) is 5.69 Å². The van der Waals surface area contributed by atoms with E-state index in [1.807, 2.05) is 17.8 Å². The van der Waals surface area contributed by atoms with Gasteiger partial charge in [0.1, 0.15) is 0 Å². The summed E-state index contributed by atoms with van der Waals surface area (Å²) in [4.78, 5) is 9.95. The van der Waals surface area contributed by atoms with Crippen molar-refractivity contribution in [3.63, 3.8) is 0 Å². The van der Waals surface area contributed by atoms with E-state index in [4.69, 9.17) is 0 Å². The van der Waals surface area contributed by atoms with Crippen LogP contribution in [0.1, 0.15) is 24.2 Å². The van der Waals surface area contributed by atoms with Gasteiger partial charge in [0, 0.05) is 47.1 Å². The third-order valence-electron chi connectivity index (χ3n) is 3.14. The van der Waals surface area contributed by atoms with Crippen LogP contribution in [-0.4, -0.2) is 20.9 Å². The summed E-state index contributed by atoms with van der Waals surface area (Å²) in [5.74, 6) is 0. The van der Waals surface area contributed by atoms with Crippen LogP contribution >= 0.6 is 27.3 Å². The van der Waals surface area contributed by atoms with Gasteiger partial charge in [0.25, 0.3) is 0 Å². The molecule has 0 bridgehead atoms. The molecule has 0 aromatic carbocycles. The lowest BCUT2D eigenvalue weighted by Crippen LogP contribution is -2.23. The Hall–Kier alpha value is -1.24. The van der Waals surface area contributed by atoms with Crippen LogP contribution in [-0.2, 0) is 6.42 Å². The number of rotatable bonds is 5. The zero-order valence-corrected chi connectivity index (χ0v) is 13.5. The van der Waals surface area contributed by atoms with Gasteiger partial charge in [-0.05, 0) is 34.1 Å². The van der Waals surface area contributed by atoms with Gasteiger partial charge in [0.2, 0.25) is 0 Å². The molecule has 0 aliphatic rings. The second-order valence-corrected chi connectivity index (χ2v) is 6.36. The Morgan fingerprint density at radius 3 is 3.10 bits per heavy atom. The number of nitrogens with zero attached hydrogens (tertiary/aromatic N) is 3. The summed E-state index contributed by atoms with van der Waals surface area (Å²) in [5, 5.41) is 5.55. The van der Waals surface area contributed by atoms with Crippen LogP contribution in [0.3, 0.4) is 0 Å². The number of aromatic nitrogens is 3. The van der Waals surface area contributed by atoms with Gasteiger partial charge >= 0.3 is 0 Å². The van der Waals surface area contributed by atoms with Crippen LogP contribution in [0.4, 0.5) is 0 Å². The highest BCUT2D eigenvalue weighted by molar-refractivity contribution is 9.10. The normalized spacial score (nSPS) is 12.9. The lowest BCUT2D eigenvalue weighted by atomic mass is 10.0. The first-order chi connectivity index (χ1) is 9.76. The summed E-state index contributed by atoms with van der Waals surface area (Å²) < 4.78 is 3.08. The lowest BCUT2D eigenvalue weighted by Gasteiger charge is -2.17. The first-order valence-electron chi connectivity index (χ1n) is 6.51. The van der Waals surface area contributed by atoms with E-state index in [0.29, 0.717) is 0 Å². The molecule has 6 heteroatoms. The average Bonchev–Trinajstić information content (AvgIpc) is 2.99. The zero-order chi connectivity index (χ0) is 13.9. The Labute approximate surface area is 130 Å². The van der Waals surface area contributed by atoms with E-state index in [9.17, 15) is 0 Å². The predicted molar refractivity (Wildman–Crippen MR) is 85.1 cm³/mol. The number of hydrogen-bond acceptors (Lipinski definition) is 4. The fraction of sp³-hybridized carbons (Fsp3) is 0.286. The highest BCUT2D eigenvalue weighted by Gasteiger charge is 2.14. The topological polar surface area (TPSA) is 42.2 Å². The van der Waals surface area contributed by atoms with Crippen LogP contribution < -0.4 is 5.32 Å². The second kappa shape index (κ2) is 6.03. The second-order valence-electron chi connectivity index (χ2n) is 4.58.